The van der Waals surface area contributed by atoms with Gasteiger partial charge in [-0.05, 0) is 91.9 Å². The van der Waals surface area contributed by atoms with Crippen LogP contribution in [0, 0.1) is 13.8 Å². The molecule has 1 N–H and O–H groups in total. The largest absolute Gasteiger partial charge is 0.573 e. The highest BCUT2D eigenvalue weighted by atomic mass is 32.2. The fourth-order valence-corrected chi connectivity index (χ4v) is 7.63. The van der Waals surface area contributed by atoms with Crippen molar-refractivity contribution in [3.05, 3.63) is 64.1 Å². The summed E-state index contributed by atoms with van der Waals surface area (Å²) in [5, 5.41) is 3.80. The summed E-state index contributed by atoms with van der Waals surface area (Å²) in [5.41, 5.74) is 1.77. The van der Waals surface area contributed by atoms with Gasteiger partial charge >= 0.3 is 12.5 Å². The van der Waals surface area contributed by atoms with E-state index in [-0.39, 0.29) is 49.0 Å². The number of sulfonamides is 1. The zero-order valence-corrected chi connectivity index (χ0v) is 31.4. The first-order chi connectivity index (χ1) is 23.0. The molecule has 1 spiro atoms. The Balaban J connectivity index is 1.37. The minimum atomic E-state index is -4.87. The van der Waals surface area contributed by atoms with Gasteiger partial charge in [0.1, 0.15) is 23.7 Å². The van der Waals surface area contributed by atoms with E-state index in [1.54, 1.807) is 19.2 Å². The van der Waals surface area contributed by atoms with Crippen molar-refractivity contribution in [3.8, 4) is 5.75 Å². The number of nitrogens with one attached hydrogen (secondary N) is 1. The van der Waals surface area contributed by atoms with Gasteiger partial charge in [-0.15, -0.1) is 13.2 Å². The molecule has 1 saturated heterocycles. The van der Waals surface area contributed by atoms with E-state index in [9.17, 15) is 31.2 Å². The van der Waals surface area contributed by atoms with Crippen molar-refractivity contribution in [2.24, 2.45) is 4.99 Å². The van der Waals surface area contributed by atoms with Crippen LogP contribution in [-0.4, -0.2) is 84.1 Å². The number of anilines is 1. The second-order valence-corrected chi connectivity index (χ2v) is 20.7. The van der Waals surface area contributed by atoms with Crippen LogP contribution in [0.1, 0.15) is 55.9 Å². The molecule has 274 valence electrons. The Morgan fingerprint density at radius 2 is 1.70 bits per heavy atom. The number of piperidine rings is 1. The van der Waals surface area contributed by atoms with Gasteiger partial charge in [0, 0.05) is 36.8 Å². The van der Waals surface area contributed by atoms with Crippen molar-refractivity contribution in [1.29, 1.82) is 0 Å². The second kappa shape index (κ2) is 14.5. The van der Waals surface area contributed by atoms with Gasteiger partial charge < -0.3 is 19.2 Å². The van der Waals surface area contributed by atoms with Crippen LogP contribution in [0.25, 0.3) is 6.08 Å². The first-order valence-electron chi connectivity index (χ1n) is 16.1. The third kappa shape index (κ3) is 9.13. The zero-order chi connectivity index (χ0) is 37.3. The molecule has 0 atom stereocenters. The number of aliphatic imine (C=N–C) groups is 1. The number of amidine groups is 1. The molecule has 0 bridgehead atoms. The number of halogens is 3. The van der Waals surface area contributed by atoms with E-state index in [2.05, 4.69) is 48.9 Å². The van der Waals surface area contributed by atoms with E-state index < -0.39 is 48.0 Å². The summed E-state index contributed by atoms with van der Waals surface area (Å²) in [4.78, 5) is 31.6. The molecule has 1 fully saturated rings. The molecule has 0 aromatic heterocycles. The summed E-state index contributed by atoms with van der Waals surface area (Å²) in [5.74, 6) is -0.793. The Labute approximate surface area is 292 Å². The molecule has 2 aliphatic heterocycles. The molecule has 2 aromatic rings. The predicted molar refractivity (Wildman–Crippen MR) is 188 cm³/mol. The molecule has 0 aliphatic carbocycles. The third-order valence-electron chi connectivity index (χ3n) is 9.46. The number of alkyl halides is 3. The number of rotatable bonds is 10. The highest BCUT2D eigenvalue weighted by molar-refractivity contribution is 7.92. The molecule has 2 aromatic carbocycles. The Hall–Kier alpha value is -3.73. The maximum Gasteiger partial charge on any atom is 0.573 e. The van der Waals surface area contributed by atoms with E-state index >= 15 is 0 Å². The predicted octanol–water partition coefficient (Wildman–Crippen LogP) is 6.51. The molecule has 2 amide bonds. The summed E-state index contributed by atoms with van der Waals surface area (Å²) in [6.45, 7) is 14.8. The molecule has 0 unspecified atom stereocenters. The normalized spacial score (nSPS) is 17.2. The van der Waals surface area contributed by atoms with E-state index in [1.807, 2.05) is 13.8 Å². The quantitative estimate of drug-likeness (QED) is 0.218. The lowest BCUT2D eigenvalue weighted by atomic mass is 9.89. The maximum absolute atomic E-state index is 13.3. The lowest BCUT2D eigenvalue weighted by Crippen LogP contribution is -2.50. The molecule has 2 heterocycles. The van der Waals surface area contributed by atoms with E-state index in [0.29, 0.717) is 17.9 Å². The smallest absolute Gasteiger partial charge is 0.447 e. The van der Waals surface area contributed by atoms with Gasteiger partial charge in [-0.3, -0.25) is 14.7 Å². The van der Waals surface area contributed by atoms with E-state index in [4.69, 9.17) is 9.16 Å². The lowest BCUT2D eigenvalue weighted by Gasteiger charge is -2.36. The lowest BCUT2D eigenvalue weighted by molar-refractivity contribution is -0.274. The average Bonchev–Trinajstić information content (AvgIpc) is 3.32. The first-order valence-corrected chi connectivity index (χ1v) is 20.6. The number of hydrogen-bond donors (Lipinski definition) is 1. The molecule has 4 rings (SSSR count). The summed E-state index contributed by atoms with van der Waals surface area (Å²) in [6, 6.07) is 8.67. The fourth-order valence-electron chi connectivity index (χ4n) is 5.44. The number of amides is 2. The number of hydrogen-bond acceptors (Lipinski definition) is 8. The van der Waals surface area contributed by atoms with Crippen LogP contribution in [0.4, 0.5) is 23.7 Å². The van der Waals surface area contributed by atoms with Crippen LogP contribution in [0.3, 0.4) is 0 Å². The Bertz CT molecular complexity index is 1760. The SMILES string of the molecule is Cc1cc(N(C)C(=O)OCCO[Si](C)(C)C(C)(C)C)cc(C)c1C=CS(=O)(=O)N1CCC2(CC1)N=C(c1cccc(OC(F)(F)F)c1)NC2=O. The molecule has 50 heavy (non-hydrogen) atoms. The van der Waals surface area contributed by atoms with Crippen LogP contribution in [0.5, 0.6) is 5.75 Å². The van der Waals surface area contributed by atoms with Gasteiger partial charge in [0.2, 0.25) is 10.0 Å². The van der Waals surface area contributed by atoms with Crippen LogP contribution < -0.4 is 15.0 Å². The van der Waals surface area contributed by atoms with Crippen molar-refractivity contribution in [1.82, 2.24) is 9.62 Å². The summed E-state index contributed by atoms with van der Waals surface area (Å²) in [7, 11) is -4.24. The fraction of sp³-hybridized carbons (Fsp3) is 0.500. The van der Waals surface area contributed by atoms with Crippen molar-refractivity contribution in [2.45, 2.75) is 77.5 Å². The minimum absolute atomic E-state index is 0.0127. The summed E-state index contributed by atoms with van der Waals surface area (Å²) < 4.78 is 81.5. The topological polar surface area (TPSA) is 127 Å². The number of nitrogens with zero attached hydrogens (tertiary/aromatic N) is 3. The monoisotopic (exact) mass is 738 g/mol. The first kappa shape index (κ1) is 39.1. The van der Waals surface area contributed by atoms with Gasteiger partial charge in [0.25, 0.3) is 5.91 Å². The molecular weight excluding hydrogens is 694 g/mol. The van der Waals surface area contributed by atoms with Gasteiger partial charge in [0.05, 0.1) is 6.61 Å². The van der Waals surface area contributed by atoms with Crippen molar-refractivity contribution >= 4 is 47.9 Å². The number of benzene rings is 2. The number of carbonyl (C=O) groups excluding carboxylic acids is 2. The average molecular weight is 739 g/mol. The van der Waals surface area contributed by atoms with Gasteiger partial charge in [-0.1, -0.05) is 32.9 Å². The molecule has 0 saturated carbocycles. The van der Waals surface area contributed by atoms with Gasteiger partial charge in [0.15, 0.2) is 8.32 Å². The van der Waals surface area contributed by atoms with Crippen molar-refractivity contribution in [3.63, 3.8) is 0 Å². The van der Waals surface area contributed by atoms with Crippen LogP contribution in [0.2, 0.25) is 18.1 Å². The molecule has 0 radical (unpaired) electrons. The van der Waals surface area contributed by atoms with E-state index in [0.717, 1.165) is 28.7 Å². The molecule has 11 nitrogen and oxygen atoms in total. The Morgan fingerprint density at radius 3 is 2.28 bits per heavy atom. The van der Waals surface area contributed by atoms with Crippen LogP contribution >= 0.6 is 0 Å². The van der Waals surface area contributed by atoms with Crippen LogP contribution in [0.15, 0.2) is 46.8 Å². The molecular formula is C34H45F3N4O7SSi. The highest BCUT2D eigenvalue weighted by Crippen LogP contribution is 2.37. The number of carbonyl (C=O) groups is 2. The second-order valence-electron chi connectivity index (χ2n) is 14.0. The number of ether oxygens (including phenoxy) is 2. The van der Waals surface area contributed by atoms with E-state index in [1.165, 1.54) is 27.4 Å². The van der Waals surface area contributed by atoms with Crippen molar-refractivity contribution < 1.29 is 45.1 Å². The summed E-state index contributed by atoms with van der Waals surface area (Å²) >= 11 is 0. The van der Waals surface area contributed by atoms with Crippen molar-refractivity contribution in [2.75, 3.05) is 38.3 Å². The Kier molecular flexibility index (Phi) is 11.3. The van der Waals surface area contributed by atoms with Gasteiger partial charge in [-0.25, -0.2) is 13.2 Å². The van der Waals surface area contributed by atoms with Crippen LogP contribution in [-0.2, 0) is 24.0 Å². The third-order valence-corrected chi connectivity index (χ3v) is 15.6. The maximum atomic E-state index is 13.3. The highest BCUT2D eigenvalue weighted by Gasteiger charge is 2.47. The molecule has 2 aliphatic rings. The zero-order valence-electron chi connectivity index (χ0n) is 29.6. The summed E-state index contributed by atoms with van der Waals surface area (Å²) in [6.07, 6.45) is -3.72. The standard InChI is InChI=1S/C34H45F3N4O7SSi/c1-23-20-26(40(6)31(43)46-17-18-47-50(7,8)32(3,4)5)21-24(2)28(23)12-19-49(44,45)41-15-13-33(14-16-41)30(42)38-29(39-33)25-10-9-11-27(22-25)48-34(35,36)37/h9-12,19-22H,13-18H2,1-8H3,(H,38,39,42). The Morgan fingerprint density at radius 1 is 1.08 bits per heavy atom. The number of aryl methyl sites for hydroxylation is 2. The minimum Gasteiger partial charge on any atom is -0.447 e. The molecule has 16 heteroatoms. The van der Waals surface area contributed by atoms with Gasteiger partial charge in [-0.2, -0.15) is 4.31 Å².